The fourth-order valence-corrected chi connectivity index (χ4v) is 2.19. The molecule has 0 aliphatic rings. The van der Waals surface area contributed by atoms with Crippen molar-refractivity contribution in [3.05, 3.63) is 54.6 Å². The molecule has 0 N–H and O–H groups in total. The van der Waals surface area contributed by atoms with Crippen molar-refractivity contribution < 1.29 is 0 Å². The Hall–Kier alpha value is -1.55. The van der Waals surface area contributed by atoms with E-state index in [0.717, 1.165) is 4.46 Å². The molecule has 0 unspecified atom stereocenters. The minimum atomic E-state index is -0.0464. The zero-order valence-electron chi connectivity index (χ0n) is 8.05. The van der Waals surface area contributed by atoms with Gasteiger partial charge in [-0.05, 0) is 0 Å². The first-order chi connectivity index (χ1) is 7.40. The van der Waals surface area contributed by atoms with Gasteiger partial charge in [0.15, 0.2) is 0 Å². The third-order valence-corrected chi connectivity index (χ3v) is 3.38. The van der Waals surface area contributed by atoms with E-state index in [-0.39, 0.29) is 15.0 Å². The molecule has 0 aliphatic heterocycles. The summed E-state index contributed by atoms with van der Waals surface area (Å²) in [6.07, 6.45) is 0. The Bertz CT molecular complexity index is 468. The van der Waals surface area contributed by atoms with Gasteiger partial charge < -0.3 is 0 Å². The fourth-order valence-electron chi connectivity index (χ4n) is 1.40. The Morgan fingerprint density at radius 1 is 0.800 bits per heavy atom. The molecule has 0 aromatic heterocycles. The summed E-state index contributed by atoms with van der Waals surface area (Å²) in [5.41, 5.74) is 2.42. The topological polar surface area (TPSA) is 23.8 Å². The second-order valence-corrected chi connectivity index (χ2v) is 4.88. The Balaban J connectivity index is 2.29. The van der Waals surface area contributed by atoms with Gasteiger partial charge in [-0.2, -0.15) is 0 Å². The molecule has 2 rings (SSSR count). The second-order valence-electron chi connectivity index (χ2n) is 3.08. The number of nitrogens with zero attached hydrogens (tertiary/aromatic N) is 1. The maximum atomic E-state index is 8.58. The van der Waals surface area contributed by atoms with Gasteiger partial charge in [-0.25, -0.2) is 0 Å². The summed E-state index contributed by atoms with van der Waals surface area (Å²) < 4.78 is 1.13. The van der Waals surface area contributed by atoms with Gasteiger partial charge in [0.1, 0.15) is 0 Å². The van der Waals surface area contributed by atoms with E-state index in [9.17, 15) is 0 Å². The van der Waals surface area contributed by atoms with Crippen LogP contribution in [0.15, 0.2) is 54.6 Å². The number of hydrogen-bond acceptors (Lipinski definition) is 1. The molecule has 15 heavy (non-hydrogen) atoms. The third kappa shape index (κ3) is 2.47. The summed E-state index contributed by atoms with van der Waals surface area (Å²) >= 11 is -0.0464. The van der Waals surface area contributed by atoms with Gasteiger partial charge in [0.05, 0.1) is 0 Å². The molecular weight excluding hydrogens is 249 g/mol. The molecule has 0 radical (unpaired) electrons. The van der Waals surface area contributed by atoms with Crippen LogP contribution < -0.4 is 4.46 Å². The van der Waals surface area contributed by atoms with Crippen molar-refractivity contribution in [3.63, 3.8) is 0 Å². The van der Waals surface area contributed by atoms with Crippen LogP contribution in [0.4, 0.5) is 0 Å². The van der Waals surface area contributed by atoms with E-state index in [1.54, 1.807) is 0 Å². The Labute approximate surface area is 95.5 Å². The molecule has 0 fully saturated rings. The van der Waals surface area contributed by atoms with Gasteiger partial charge in [0.2, 0.25) is 0 Å². The van der Waals surface area contributed by atoms with Crippen LogP contribution in [0.1, 0.15) is 0 Å². The molecule has 0 heterocycles. The molecule has 0 amide bonds. The van der Waals surface area contributed by atoms with Crippen LogP contribution in [0.2, 0.25) is 0 Å². The molecule has 0 saturated carbocycles. The maximum absolute atomic E-state index is 8.58. The SMILES string of the molecule is N#C[Se]c1ccc(-c2ccccc2)cc1. The minimum absolute atomic E-state index is 0.0464. The molecule has 2 aromatic rings. The second kappa shape index (κ2) is 4.79. The number of hydrogen-bond donors (Lipinski definition) is 0. The van der Waals surface area contributed by atoms with Crippen molar-refractivity contribution in [2.75, 3.05) is 0 Å². The first-order valence-electron chi connectivity index (χ1n) is 4.61. The van der Waals surface area contributed by atoms with Crippen LogP contribution >= 0.6 is 0 Å². The molecule has 2 heteroatoms. The molecule has 0 saturated heterocycles. The van der Waals surface area contributed by atoms with Crippen molar-refractivity contribution in [3.8, 4) is 16.1 Å². The average molecular weight is 258 g/mol. The van der Waals surface area contributed by atoms with E-state index in [2.05, 4.69) is 29.2 Å². The van der Waals surface area contributed by atoms with Crippen LogP contribution in [0.3, 0.4) is 0 Å². The summed E-state index contributed by atoms with van der Waals surface area (Å²) in [6.45, 7) is 0. The van der Waals surface area contributed by atoms with Crippen LogP contribution in [0.25, 0.3) is 11.1 Å². The summed E-state index contributed by atoms with van der Waals surface area (Å²) in [5.74, 6) is 0. The molecule has 0 atom stereocenters. The van der Waals surface area contributed by atoms with E-state index < -0.39 is 0 Å². The van der Waals surface area contributed by atoms with Crippen LogP contribution in [-0.2, 0) is 0 Å². The van der Waals surface area contributed by atoms with Crippen LogP contribution in [-0.4, -0.2) is 15.0 Å². The molecule has 0 bridgehead atoms. The van der Waals surface area contributed by atoms with Gasteiger partial charge in [0, 0.05) is 0 Å². The van der Waals surface area contributed by atoms with Crippen LogP contribution in [0, 0.1) is 10.2 Å². The van der Waals surface area contributed by atoms with Gasteiger partial charge in [-0.15, -0.1) is 0 Å². The van der Waals surface area contributed by atoms with Crippen molar-refractivity contribution in [2.24, 2.45) is 0 Å². The van der Waals surface area contributed by atoms with E-state index in [0.29, 0.717) is 0 Å². The molecule has 72 valence electrons. The van der Waals surface area contributed by atoms with Crippen molar-refractivity contribution in [2.45, 2.75) is 0 Å². The molecule has 1 nitrogen and oxygen atoms in total. The third-order valence-electron chi connectivity index (χ3n) is 2.12. The van der Waals surface area contributed by atoms with Crippen LogP contribution in [0.5, 0.6) is 0 Å². The van der Waals surface area contributed by atoms with Gasteiger partial charge in [-0.1, -0.05) is 0 Å². The zero-order valence-corrected chi connectivity index (χ0v) is 9.76. The van der Waals surface area contributed by atoms with Crippen molar-refractivity contribution in [1.82, 2.24) is 0 Å². The normalized spacial score (nSPS) is 9.53. The first kappa shape index (κ1) is 9.98. The predicted molar refractivity (Wildman–Crippen MR) is 62.9 cm³/mol. The van der Waals surface area contributed by atoms with E-state index in [1.807, 2.05) is 30.3 Å². The standard InChI is InChI=1S/C13H9NSe/c14-10-15-13-8-6-12(7-9-13)11-4-2-1-3-5-11/h1-9H. The Morgan fingerprint density at radius 2 is 1.40 bits per heavy atom. The quantitative estimate of drug-likeness (QED) is 0.757. The van der Waals surface area contributed by atoms with Crippen molar-refractivity contribution >= 4 is 19.4 Å². The zero-order chi connectivity index (χ0) is 10.5. The Morgan fingerprint density at radius 3 is 2.00 bits per heavy atom. The van der Waals surface area contributed by atoms with Gasteiger partial charge >= 0.3 is 95.4 Å². The molecule has 0 spiro atoms. The Kier molecular flexibility index (Phi) is 3.19. The first-order valence-corrected chi connectivity index (χ1v) is 6.33. The van der Waals surface area contributed by atoms with Gasteiger partial charge in [0.25, 0.3) is 0 Å². The summed E-state index contributed by atoms with van der Waals surface area (Å²) in [5, 5.41) is 8.58. The number of benzene rings is 2. The van der Waals surface area contributed by atoms with E-state index in [1.165, 1.54) is 11.1 Å². The van der Waals surface area contributed by atoms with E-state index >= 15 is 0 Å². The number of rotatable bonds is 2. The average Bonchev–Trinajstić information content (AvgIpc) is 2.32. The summed E-state index contributed by atoms with van der Waals surface area (Å²) in [7, 11) is 0. The molecule has 2 aromatic carbocycles. The molecular formula is C13H9NSe. The summed E-state index contributed by atoms with van der Waals surface area (Å²) in [6, 6.07) is 18.5. The number of nitriles is 1. The fraction of sp³-hybridized carbons (Fsp3) is 0. The summed E-state index contributed by atoms with van der Waals surface area (Å²) in [4.78, 5) is 2.21. The van der Waals surface area contributed by atoms with Crippen molar-refractivity contribution in [1.29, 1.82) is 5.26 Å². The monoisotopic (exact) mass is 259 g/mol. The van der Waals surface area contributed by atoms with E-state index in [4.69, 9.17) is 5.26 Å². The predicted octanol–water partition coefficient (Wildman–Crippen LogP) is 2.16. The molecule has 0 aliphatic carbocycles. The van der Waals surface area contributed by atoms with Gasteiger partial charge in [-0.3, -0.25) is 0 Å².